The summed E-state index contributed by atoms with van der Waals surface area (Å²) in [5.41, 5.74) is 6.39. The SMILES string of the molecule is CCOc1cc(SCC(=O)N(C)C)ccc1N. The van der Waals surface area contributed by atoms with Gasteiger partial charge in [-0.05, 0) is 25.1 Å². The van der Waals surface area contributed by atoms with E-state index >= 15 is 0 Å². The predicted molar refractivity (Wildman–Crippen MR) is 71.4 cm³/mol. The molecule has 1 aromatic rings. The lowest BCUT2D eigenvalue weighted by Crippen LogP contribution is -2.23. The first kappa shape index (κ1) is 13.7. The maximum Gasteiger partial charge on any atom is 0.232 e. The molecule has 17 heavy (non-hydrogen) atoms. The van der Waals surface area contributed by atoms with Crippen molar-refractivity contribution >= 4 is 23.4 Å². The molecule has 0 fully saturated rings. The van der Waals surface area contributed by atoms with Crippen molar-refractivity contribution in [1.29, 1.82) is 0 Å². The number of anilines is 1. The summed E-state index contributed by atoms with van der Waals surface area (Å²) in [6.07, 6.45) is 0. The van der Waals surface area contributed by atoms with Crippen molar-refractivity contribution in [2.75, 3.05) is 32.2 Å². The average molecular weight is 254 g/mol. The van der Waals surface area contributed by atoms with Gasteiger partial charge >= 0.3 is 0 Å². The van der Waals surface area contributed by atoms with Crippen LogP contribution in [0.25, 0.3) is 0 Å². The Morgan fingerprint density at radius 3 is 2.76 bits per heavy atom. The van der Waals surface area contributed by atoms with Gasteiger partial charge in [0.2, 0.25) is 5.91 Å². The highest BCUT2D eigenvalue weighted by atomic mass is 32.2. The van der Waals surface area contributed by atoms with Crippen molar-refractivity contribution in [3.05, 3.63) is 18.2 Å². The molecule has 1 rings (SSSR count). The normalized spacial score (nSPS) is 10.1. The van der Waals surface area contributed by atoms with E-state index in [0.717, 1.165) is 4.90 Å². The molecule has 0 saturated heterocycles. The minimum atomic E-state index is 0.0878. The van der Waals surface area contributed by atoms with Gasteiger partial charge in [0.15, 0.2) is 0 Å². The molecule has 0 spiro atoms. The third-order valence-electron chi connectivity index (χ3n) is 2.15. The molecule has 0 saturated carbocycles. The second-order valence-corrected chi connectivity index (χ2v) is 4.76. The largest absolute Gasteiger partial charge is 0.492 e. The number of amides is 1. The fourth-order valence-corrected chi connectivity index (χ4v) is 2.06. The molecule has 0 aliphatic carbocycles. The van der Waals surface area contributed by atoms with Gasteiger partial charge in [-0.15, -0.1) is 11.8 Å². The highest BCUT2D eigenvalue weighted by Crippen LogP contribution is 2.28. The van der Waals surface area contributed by atoms with Gasteiger partial charge in [-0.1, -0.05) is 0 Å². The van der Waals surface area contributed by atoms with E-state index in [1.807, 2.05) is 19.1 Å². The average Bonchev–Trinajstić information content (AvgIpc) is 2.29. The smallest absolute Gasteiger partial charge is 0.232 e. The molecule has 0 aliphatic heterocycles. The first-order valence-electron chi connectivity index (χ1n) is 5.40. The molecule has 0 atom stereocenters. The Morgan fingerprint density at radius 2 is 2.18 bits per heavy atom. The maximum absolute atomic E-state index is 11.4. The zero-order valence-corrected chi connectivity index (χ0v) is 11.2. The highest BCUT2D eigenvalue weighted by Gasteiger charge is 2.07. The Bertz CT molecular complexity index is 394. The third-order valence-corrected chi connectivity index (χ3v) is 3.12. The van der Waals surface area contributed by atoms with Crippen LogP contribution in [0.3, 0.4) is 0 Å². The number of thioether (sulfide) groups is 1. The lowest BCUT2D eigenvalue weighted by atomic mass is 10.3. The Hall–Kier alpha value is -1.36. The number of hydrogen-bond donors (Lipinski definition) is 1. The summed E-state index contributed by atoms with van der Waals surface area (Å²) in [5.74, 6) is 1.18. The maximum atomic E-state index is 11.4. The molecule has 1 amide bonds. The number of nitrogen functional groups attached to an aromatic ring is 1. The zero-order chi connectivity index (χ0) is 12.8. The molecule has 0 unspecified atom stereocenters. The first-order valence-corrected chi connectivity index (χ1v) is 6.38. The lowest BCUT2D eigenvalue weighted by Gasteiger charge is -2.11. The topological polar surface area (TPSA) is 55.6 Å². The van der Waals surface area contributed by atoms with Gasteiger partial charge in [-0.2, -0.15) is 0 Å². The van der Waals surface area contributed by atoms with E-state index in [-0.39, 0.29) is 5.91 Å². The number of hydrogen-bond acceptors (Lipinski definition) is 4. The predicted octanol–water partition coefficient (Wildman–Crippen LogP) is 1.85. The van der Waals surface area contributed by atoms with E-state index in [4.69, 9.17) is 10.5 Å². The van der Waals surface area contributed by atoms with Gasteiger partial charge in [0.1, 0.15) is 5.75 Å². The van der Waals surface area contributed by atoms with Crippen LogP contribution in [0.5, 0.6) is 5.75 Å². The van der Waals surface area contributed by atoms with E-state index in [0.29, 0.717) is 23.8 Å². The van der Waals surface area contributed by atoms with Crippen molar-refractivity contribution in [3.8, 4) is 5.75 Å². The number of ether oxygens (including phenoxy) is 1. The summed E-state index contributed by atoms with van der Waals surface area (Å²) < 4.78 is 5.40. The van der Waals surface area contributed by atoms with Crippen molar-refractivity contribution in [2.24, 2.45) is 0 Å². The second kappa shape index (κ2) is 6.39. The molecule has 0 radical (unpaired) electrons. The van der Waals surface area contributed by atoms with Crippen molar-refractivity contribution in [2.45, 2.75) is 11.8 Å². The summed E-state index contributed by atoms with van der Waals surface area (Å²) in [6, 6.07) is 5.56. The van der Waals surface area contributed by atoms with E-state index in [9.17, 15) is 4.79 Å². The standard InChI is InChI=1S/C12H18N2O2S/c1-4-16-11-7-9(5-6-10(11)13)17-8-12(15)14(2)3/h5-7H,4,8,13H2,1-3H3. The minimum Gasteiger partial charge on any atom is -0.492 e. The van der Waals surface area contributed by atoms with Crippen molar-refractivity contribution in [3.63, 3.8) is 0 Å². The number of carbonyl (C=O) groups is 1. The molecule has 1 aromatic carbocycles. The second-order valence-electron chi connectivity index (χ2n) is 3.71. The fourth-order valence-electron chi connectivity index (χ4n) is 1.16. The number of nitrogens with two attached hydrogens (primary N) is 1. The number of nitrogens with zero attached hydrogens (tertiary/aromatic N) is 1. The van der Waals surface area contributed by atoms with E-state index in [2.05, 4.69) is 0 Å². The Labute approximate surface area is 106 Å². The van der Waals surface area contributed by atoms with E-state index in [1.54, 1.807) is 25.1 Å². The zero-order valence-electron chi connectivity index (χ0n) is 10.4. The van der Waals surface area contributed by atoms with Gasteiger partial charge in [-0.3, -0.25) is 4.79 Å². The number of rotatable bonds is 5. The van der Waals surface area contributed by atoms with Crippen LogP contribution >= 0.6 is 11.8 Å². The molecule has 0 heterocycles. The minimum absolute atomic E-state index is 0.0878. The Morgan fingerprint density at radius 1 is 1.47 bits per heavy atom. The summed E-state index contributed by atoms with van der Waals surface area (Å²) in [7, 11) is 3.50. The Kier molecular flexibility index (Phi) is 5.15. The van der Waals surface area contributed by atoms with Crippen molar-refractivity contribution in [1.82, 2.24) is 4.90 Å². The van der Waals surface area contributed by atoms with Crippen LogP contribution in [-0.2, 0) is 4.79 Å². The van der Waals surface area contributed by atoms with E-state index < -0.39 is 0 Å². The van der Waals surface area contributed by atoms with Crippen LogP contribution in [0.15, 0.2) is 23.1 Å². The monoisotopic (exact) mass is 254 g/mol. The van der Waals surface area contributed by atoms with Gasteiger partial charge < -0.3 is 15.4 Å². The summed E-state index contributed by atoms with van der Waals surface area (Å²) in [6.45, 7) is 2.49. The lowest BCUT2D eigenvalue weighted by molar-refractivity contribution is -0.125. The first-order chi connectivity index (χ1) is 8.04. The van der Waals surface area contributed by atoms with Gasteiger partial charge in [0, 0.05) is 19.0 Å². The molecule has 94 valence electrons. The van der Waals surface area contributed by atoms with E-state index in [1.165, 1.54) is 11.8 Å². The number of carbonyl (C=O) groups excluding carboxylic acids is 1. The van der Waals surface area contributed by atoms with Crippen LogP contribution in [0.4, 0.5) is 5.69 Å². The molecule has 5 heteroatoms. The molecular formula is C12H18N2O2S. The van der Waals surface area contributed by atoms with Crippen LogP contribution < -0.4 is 10.5 Å². The third kappa shape index (κ3) is 4.19. The fraction of sp³-hybridized carbons (Fsp3) is 0.417. The number of benzene rings is 1. The van der Waals surface area contributed by atoms with Crippen LogP contribution in [0.1, 0.15) is 6.92 Å². The summed E-state index contributed by atoms with van der Waals surface area (Å²) >= 11 is 1.48. The molecular weight excluding hydrogens is 236 g/mol. The van der Waals surface area contributed by atoms with Gasteiger partial charge in [-0.25, -0.2) is 0 Å². The van der Waals surface area contributed by atoms with Gasteiger partial charge in [0.25, 0.3) is 0 Å². The summed E-state index contributed by atoms with van der Waals surface area (Å²) in [4.78, 5) is 14.0. The Balaban J connectivity index is 2.66. The van der Waals surface area contributed by atoms with Crippen LogP contribution in [-0.4, -0.2) is 37.3 Å². The molecule has 4 nitrogen and oxygen atoms in total. The van der Waals surface area contributed by atoms with Crippen LogP contribution in [0, 0.1) is 0 Å². The van der Waals surface area contributed by atoms with Crippen molar-refractivity contribution < 1.29 is 9.53 Å². The quantitative estimate of drug-likeness (QED) is 0.643. The highest BCUT2D eigenvalue weighted by molar-refractivity contribution is 8.00. The molecule has 2 N–H and O–H groups in total. The van der Waals surface area contributed by atoms with Crippen LogP contribution in [0.2, 0.25) is 0 Å². The summed E-state index contributed by atoms with van der Waals surface area (Å²) in [5, 5.41) is 0. The van der Waals surface area contributed by atoms with Gasteiger partial charge in [0.05, 0.1) is 18.0 Å². The molecule has 0 aromatic heterocycles. The molecule has 0 bridgehead atoms. The molecule has 0 aliphatic rings.